The highest BCUT2D eigenvalue weighted by molar-refractivity contribution is 8.10. The minimum absolute atomic E-state index is 0.461. The van der Waals surface area contributed by atoms with Gasteiger partial charge < -0.3 is 4.74 Å². The minimum Gasteiger partial charge on any atom is -0.374 e. The van der Waals surface area contributed by atoms with E-state index in [1.807, 2.05) is 0 Å². The number of sulfone groups is 2. The van der Waals surface area contributed by atoms with Gasteiger partial charge in [0.25, 0.3) is 0 Å². The van der Waals surface area contributed by atoms with Gasteiger partial charge in [-0.2, -0.15) is 0 Å². The maximum Gasteiger partial charge on any atom is 0.190 e. The Balaban J connectivity index is 2.37. The monoisotopic (exact) mass is 240 g/mol. The first-order chi connectivity index (χ1) is 6.35. The van der Waals surface area contributed by atoms with E-state index >= 15 is 0 Å². The van der Waals surface area contributed by atoms with Gasteiger partial charge in [0.15, 0.2) is 24.3 Å². The van der Waals surface area contributed by atoms with Crippen molar-refractivity contribution in [1.29, 1.82) is 0 Å². The quantitative estimate of drug-likeness (QED) is 0.607. The summed E-state index contributed by atoms with van der Waals surface area (Å²) < 4.78 is 49.5. The first-order valence-electron chi connectivity index (χ1n) is 4.38. The first-order valence-corrected chi connectivity index (χ1v) is 7.95. The van der Waals surface area contributed by atoms with E-state index < -0.39 is 35.6 Å². The van der Waals surface area contributed by atoms with Gasteiger partial charge in [-0.1, -0.05) is 0 Å². The third kappa shape index (κ3) is 1.30. The molecule has 0 aromatic carbocycles. The molecule has 2 rings (SSSR count). The molecule has 0 N–H and O–H groups in total. The summed E-state index contributed by atoms with van der Waals surface area (Å²) >= 11 is 0. The van der Waals surface area contributed by atoms with Crippen molar-refractivity contribution in [2.45, 2.75) is 28.8 Å². The lowest BCUT2D eigenvalue weighted by atomic mass is 10.1. The van der Waals surface area contributed by atoms with Crippen LogP contribution in [-0.4, -0.2) is 45.6 Å². The molecule has 14 heavy (non-hydrogen) atoms. The lowest BCUT2D eigenvalue weighted by Gasteiger charge is -2.44. The smallest absolute Gasteiger partial charge is 0.190 e. The highest BCUT2D eigenvalue weighted by Crippen LogP contribution is 2.40. The molecule has 3 atom stereocenters. The Morgan fingerprint density at radius 2 is 2.00 bits per heavy atom. The van der Waals surface area contributed by atoms with Crippen LogP contribution in [0.4, 0.5) is 0 Å². The second-order valence-corrected chi connectivity index (χ2v) is 8.56. The molecule has 0 bridgehead atoms. The molecule has 0 aromatic rings. The van der Waals surface area contributed by atoms with E-state index in [0.717, 1.165) is 6.26 Å². The first kappa shape index (κ1) is 10.4. The van der Waals surface area contributed by atoms with E-state index in [9.17, 15) is 16.8 Å². The van der Waals surface area contributed by atoms with E-state index in [4.69, 9.17) is 4.74 Å². The fraction of sp³-hybridized carbons (Fsp3) is 1.00. The molecule has 5 nitrogen and oxygen atoms in total. The van der Waals surface area contributed by atoms with Gasteiger partial charge in [-0.05, 0) is 12.8 Å². The molecule has 2 heterocycles. The average molecular weight is 240 g/mol. The van der Waals surface area contributed by atoms with Crippen LogP contribution < -0.4 is 0 Å². The van der Waals surface area contributed by atoms with Crippen LogP contribution in [0.15, 0.2) is 0 Å². The Kier molecular flexibility index (Phi) is 2.17. The van der Waals surface area contributed by atoms with Crippen molar-refractivity contribution in [1.82, 2.24) is 0 Å². The SMILES string of the molecule is CS(=O)(=O)[C@@H]1[C@@H]2OCCC[C@@H]2S1(=O)=O. The Labute approximate surface area is 83.3 Å². The fourth-order valence-corrected chi connectivity index (χ4v) is 7.19. The van der Waals surface area contributed by atoms with Crippen LogP contribution in [0.5, 0.6) is 0 Å². The standard InChI is InChI=1S/C7H12O5S2/c1-13(8,9)7-6-5(14(7,10)11)3-2-4-12-6/h5-7H,2-4H2,1H3/t5-,6+,7-/m0/s1. The molecule has 2 saturated heterocycles. The fourth-order valence-electron chi connectivity index (χ4n) is 2.14. The van der Waals surface area contributed by atoms with Crippen LogP contribution in [0.2, 0.25) is 0 Å². The maximum absolute atomic E-state index is 11.6. The highest BCUT2D eigenvalue weighted by atomic mass is 32.3. The maximum atomic E-state index is 11.6. The molecule has 0 radical (unpaired) electrons. The van der Waals surface area contributed by atoms with Crippen LogP contribution in [0.1, 0.15) is 12.8 Å². The summed E-state index contributed by atoms with van der Waals surface area (Å²) in [5.41, 5.74) is 0. The zero-order valence-corrected chi connectivity index (χ0v) is 9.34. The van der Waals surface area contributed by atoms with Gasteiger partial charge in [-0.25, -0.2) is 16.8 Å². The van der Waals surface area contributed by atoms with Gasteiger partial charge in [0, 0.05) is 12.9 Å². The predicted octanol–water partition coefficient (Wildman–Crippen LogP) is -0.667. The summed E-state index contributed by atoms with van der Waals surface area (Å²) in [6.07, 6.45) is 1.54. The van der Waals surface area contributed by atoms with Gasteiger partial charge in [0.1, 0.15) is 6.10 Å². The summed E-state index contributed by atoms with van der Waals surface area (Å²) in [6.45, 7) is 0.461. The molecule has 2 aliphatic rings. The Morgan fingerprint density at radius 1 is 1.36 bits per heavy atom. The van der Waals surface area contributed by atoms with Crippen LogP contribution in [0, 0.1) is 0 Å². The minimum atomic E-state index is -3.56. The van der Waals surface area contributed by atoms with E-state index in [2.05, 4.69) is 0 Å². The van der Waals surface area contributed by atoms with Gasteiger partial charge in [0.05, 0.1) is 5.25 Å². The zero-order valence-electron chi connectivity index (χ0n) is 7.71. The van der Waals surface area contributed by atoms with Gasteiger partial charge >= 0.3 is 0 Å². The highest BCUT2D eigenvalue weighted by Gasteiger charge is 2.62. The van der Waals surface area contributed by atoms with Crippen LogP contribution in [0.3, 0.4) is 0 Å². The molecule has 0 amide bonds. The number of fused-ring (bicyclic) bond motifs is 1. The van der Waals surface area contributed by atoms with Crippen molar-refractivity contribution in [3.05, 3.63) is 0 Å². The van der Waals surface area contributed by atoms with Crippen molar-refractivity contribution >= 4 is 19.7 Å². The van der Waals surface area contributed by atoms with Gasteiger partial charge in [0.2, 0.25) is 0 Å². The average Bonchev–Trinajstić information content (AvgIpc) is 2.00. The number of rotatable bonds is 1. The van der Waals surface area contributed by atoms with Crippen LogP contribution in [0.25, 0.3) is 0 Å². The molecular formula is C7H12O5S2. The molecule has 0 aromatic heterocycles. The molecule has 0 unspecified atom stereocenters. The molecule has 0 spiro atoms. The summed E-state index contributed by atoms with van der Waals surface area (Å²) in [5, 5.41) is -0.587. The van der Waals surface area contributed by atoms with Crippen molar-refractivity contribution in [2.75, 3.05) is 12.9 Å². The predicted molar refractivity (Wildman–Crippen MR) is 50.3 cm³/mol. The molecule has 2 fully saturated rings. The van der Waals surface area contributed by atoms with Crippen molar-refractivity contribution < 1.29 is 21.6 Å². The second-order valence-electron chi connectivity index (χ2n) is 3.80. The summed E-state index contributed by atoms with van der Waals surface area (Å²) in [4.78, 5) is 0. The Hall–Kier alpha value is -0.140. The van der Waals surface area contributed by atoms with Crippen molar-refractivity contribution in [3.8, 4) is 0 Å². The lowest BCUT2D eigenvalue weighted by molar-refractivity contribution is 0.0134. The Morgan fingerprint density at radius 3 is 2.57 bits per heavy atom. The number of hydrogen-bond donors (Lipinski definition) is 0. The summed E-state index contributed by atoms with van der Waals surface area (Å²) in [7, 11) is -7.05. The third-order valence-corrected chi connectivity index (χ3v) is 7.98. The molecule has 0 aliphatic carbocycles. The lowest BCUT2D eigenvalue weighted by Crippen LogP contribution is -2.65. The summed E-state index contributed by atoms with van der Waals surface area (Å²) in [5.74, 6) is 0. The molecule has 2 aliphatic heterocycles. The summed E-state index contributed by atoms with van der Waals surface area (Å²) in [6, 6.07) is 0. The Bertz CT molecular complexity index is 435. The van der Waals surface area contributed by atoms with E-state index in [1.54, 1.807) is 0 Å². The van der Waals surface area contributed by atoms with E-state index in [-0.39, 0.29) is 0 Å². The topological polar surface area (TPSA) is 77.5 Å². The number of hydrogen-bond acceptors (Lipinski definition) is 5. The van der Waals surface area contributed by atoms with Crippen molar-refractivity contribution in [2.24, 2.45) is 0 Å². The molecule has 0 saturated carbocycles. The molecule has 82 valence electrons. The molecular weight excluding hydrogens is 228 g/mol. The second kappa shape index (κ2) is 2.93. The van der Waals surface area contributed by atoms with E-state index in [1.165, 1.54) is 0 Å². The van der Waals surface area contributed by atoms with Crippen LogP contribution >= 0.6 is 0 Å². The van der Waals surface area contributed by atoms with Gasteiger partial charge in [-0.15, -0.1) is 0 Å². The normalized spacial score (nSPS) is 41.1. The van der Waals surface area contributed by atoms with Crippen LogP contribution in [-0.2, 0) is 24.4 Å². The largest absolute Gasteiger partial charge is 0.374 e. The zero-order chi connectivity index (χ0) is 10.6. The number of ether oxygens (including phenoxy) is 1. The van der Waals surface area contributed by atoms with Crippen molar-refractivity contribution in [3.63, 3.8) is 0 Å². The van der Waals surface area contributed by atoms with E-state index in [0.29, 0.717) is 19.4 Å². The van der Waals surface area contributed by atoms with Gasteiger partial charge in [-0.3, -0.25) is 0 Å². The third-order valence-electron chi connectivity index (χ3n) is 2.75. The molecule has 7 heteroatoms.